The first-order valence-electron chi connectivity index (χ1n) is 4.52. The second-order valence-corrected chi connectivity index (χ2v) is 4.59. The van der Waals surface area contributed by atoms with Crippen LogP contribution in [0.2, 0.25) is 0 Å². The summed E-state index contributed by atoms with van der Waals surface area (Å²) >= 11 is 4.88. The first-order valence-corrected chi connectivity index (χ1v) is 4.93. The molecule has 0 saturated carbocycles. The number of nitrogens with zero attached hydrogens (tertiary/aromatic N) is 1. The molecule has 0 unspecified atom stereocenters. The normalized spacial score (nSPS) is 12.5. The molecular formula is C9H18F2N2S. The van der Waals surface area contributed by atoms with Gasteiger partial charge in [0.1, 0.15) is 0 Å². The van der Waals surface area contributed by atoms with E-state index >= 15 is 0 Å². The van der Waals surface area contributed by atoms with E-state index < -0.39 is 6.43 Å². The molecule has 0 heterocycles. The summed E-state index contributed by atoms with van der Waals surface area (Å²) in [6, 6.07) is 0. The fourth-order valence-electron chi connectivity index (χ4n) is 0.920. The maximum absolute atomic E-state index is 12.0. The number of alkyl halides is 2. The molecule has 0 saturated heterocycles. The molecule has 14 heavy (non-hydrogen) atoms. The van der Waals surface area contributed by atoms with Gasteiger partial charge in [-0.05, 0) is 20.0 Å². The Morgan fingerprint density at radius 2 is 2.00 bits per heavy atom. The van der Waals surface area contributed by atoms with Crippen LogP contribution >= 0.6 is 12.2 Å². The van der Waals surface area contributed by atoms with Crippen LogP contribution in [-0.4, -0.2) is 36.5 Å². The van der Waals surface area contributed by atoms with Gasteiger partial charge in [-0.2, -0.15) is 0 Å². The van der Waals surface area contributed by atoms with Gasteiger partial charge in [0.2, 0.25) is 0 Å². The zero-order valence-corrected chi connectivity index (χ0v) is 9.70. The maximum Gasteiger partial charge on any atom is 0.251 e. The molecule has 0 aliphatic carbocycles. The Balaban J connectivity index is 3.87. The SMILES string of the molecule is CN(CCC(C)(C)C(N)=S)CC(F)F. The van der Waals surface area contributed by atoms with E-state index in [1.165, 1.54) is 0 Å². The van der Waals surface area contributed by atoms with Gasteiger partial charge in [-0.1, -0.05) is 26.1 Å². The number of halogens is 2. The van der Waals surface area contributed by atoms with Gasteiger partial charge >= 0.3 is 0 Å². The monoisotopic (exact) mass is 224 g/mol. The molecule has 0 amide bonds. The van der Waals surface area contributed by atoms with Crippen LogP contribution in [0, 0.1) is 5.41 Å². The number of rotatable bonds is 6. The van der Waals surface area contributed by atoms with Crippen molar-refractivity contribution in [2.24, 2.45) is 11.1 Å². The molecule has 2 N–H and O–H groups in total. The van der Waals surface area contributed by atoms with Gasteiger partial charge in [-0.15, -0.1) is 0 Å². The number of hydrogen-bond donors (Lipinski definition) is 1. The summed E-state index contributed by atoms with van der Waals surface area (Å²) in [5, 5.41) is 0. The Bertz CT molecular complexity index is 195. The quantitative estimate of drug-likeness (QED) is 0.699. The van der Waals surface area contributed by atoms with Crippen molar-refractivity contribution in [1.29, 1.82) is 0 Å². The van der Waals surface area contributed by atoms with Crippen LogP contribution in [0.3, 0.4) is 0 Å². The summed E-state index contributed by atoms with van der Waals surface area (Å²) in [5.41, 5.74) is 5.26. The fraction of sp³-hybridized carbons (Fsp3) is 0.889. The first kappa shape index (κ1) is 13.7. The van der Waals surface area contributed by atoms with E-state index in [0.29, 0.717) is 18.0 Å². The highest BCUT2D eigenvalue weighted by atomic mass is 32.1. The van der Waals surface area contributed by atoms with E-state index in [9.17, 15) is 8.78 Å². The highest BCUT2D eigenvalue weighted by Crippen LogP contribution is 2.20. The van der Waals surface area contributed by atoms with Crippen LogP contribution in [-0.2, 0) is 0 Å². The van der Waals surface area contributed by atoms with E-state index in [1.54, 1.807) is 11.9 Å². The summed E-state index contributed by atoms with van der Waals surface area (Å²) in [6.45, 7) is 4.22. The third kappa shape index (κ3) is 5.44. The molecule has 0 aromatic carbocycles. The molecule has 5 heteroatoms. The minimum atomic E-state index is -2.28. The second-order valence-electron chi connectivity index (χ2n) is 4.15. The second kappa shape index (κ2) is 5.56. The minimum Gasteiger partial charge on any atom is -0.393 e. The fourth-order valence-corrected chi connectivity index (χ4v) is 1.02. The largest absolute Gasteiger partial charge is 0.393 e. The molecule has 0 bridgehead atoms. The maximum atomic E-state index is 12.0. The first-order chi connectivity index (χ1) is 6.25. The van der Waals surface area contributed by atoms with E-state index in [1.807, 2.05) is 13.8 Å². The highest BCUT2D eigenvalue weighted by Gasteiger charge is 2.22. The third-order valence-electron chi connectivity index (χ3n) is 2.24. The van der Waals surface area contributed by atoms with Gasteiger partial charge < -0.3 is 10.6 Å². The number of hydrogen-bond acceptors (Lipinski definition) is 2. The predicted molar refractivity (Wildman–Crippen MR) is 58.7 cm³/mol. The van der Waals surface area contributed by atoms with Crippen LogP contribution in [0.4, 0.5) is 8.78 Å². The standard InChI is InChI=1S/C9H18F2N2S/c1-9(2,8(12)14)4-5-13(3)6-7(10)11/h7H,4-6H2,1-3H3,(H2,12,14). The van der Waals surface area contributed by atoms with Crippen LogP contribution in [0.25, 0.3) is 0 Å². The van der Waals surface area contributed by atoms with Gasteiger partial charge in [0, 0.05) is 5.41 Å². The average Bonchev–Trinajstić information content (AvgIpc) is 1.99. The Labute approximate surface area is 89.4 Å². The summed E-state index contributed by atoms with van der Waals surface area (Å²) < 4.78 is 23.9. The van der Waals surface area contributed by atoms with Crippen LogP contribution in [0.5, 0.6) is 0 Å². The molecule has 0 rings (SSSR count). The van der Waals surface area contributed by atoms with Crippen molar-refractivity contribution in [3.8, 4) is 0 Å². The van der Waals surface area contributed by atoms with E-state index in [-0.39, 0.29) is 12.0 Å². The molecule has 0 aromatic rings. The van der Waals surface area contributed by atoms with Crippen molar-refractivity contribution < 1.29 is 8.78 Å². The lowest BCUT2D eigenvalue weighted by atomic mass is 9.89. The van der Waals surface area contributed by atoms with Gasteiger partial charge in [-0.3, -0.25) is 0 Å². The highest BCUT2D eigenvalue weighted by molar-refractivity contribution is 7.80. The molecule has 0 aromatic heterocycles. The van der Waals surface area contributed by atoms with Crippen molar-refractivity contribution >= 4 is 17.2 Å². The molecule has 0 fully saturated rings. The lowest BCUT2D eigenvalue weighted by Crippen LogP contribution is -2.35. The Morgan fingerprint density at radius 1 is 1.50 bits per heavy atom. The van der Waals surface area contributed by atoms with Gasteiger partial charge in [0.15, 0.2) is 0 Å². The molecule has 0 aliphatic rings. The van der Waals surface area contributed by atoms with Crippen molar-refractivity contribution in [2.75, 3.05) is 20.1 Å². The Kier molecular flexibility index (Phi) is 5.44. The van der Waals surface area contributed by atoms with E-state index in [0.717, 1.165) is 0 Å². The predicted octanol–water partition coefficient (Wildman–Crippen LogP) is 1.89. The summed E-state index contributed by atoms with van der Waals surface area (Å²) in [4.78, 5) is 2.02. The van der Waals surface area contributed by atoms with Crippen LogP contribution in [0.1, 0.15) is 20.3 Å². The smallest absolute Gasteiger partial charge is 0.251 e. The topological polar surface area (TPSA) is 29.3 Å². The Morgan fingerprint density at radius 3 is 2.36 bits per heavy atom. The molecule has 0 radical (unpaired) electrons. The third-order valence-corrected chi connectivity index (χ3v) is 2.79. The van der Waals surface area contributed by atoms with E-state index in [4.69, 9.17) is 18.0 Å². The van der Waals surface area contributed by atoms with Gasteiger partial charge in [0.25, 0.3) is 6.43 Å². The van der Waals surface area contributed by atoms with Gasteiger partial charge in [-0.25, -0.2) is 8.78 Å². The summed E-state index contributed by atoms with van der Waals surface area (Å²) in [6.07, 6.45) is -1.58. The number of thiocarbonyl (C=S) groups is 1. The summed E-state index contributed by atoms with van der Waals surface area (Å²) in [7, 11) is 1.67. The lowest BCUT2D eigenvalue weighted by molar-refractivity contribution is 0.0970. The van der Waals surface area contributed by atoms with Crippen LogP contribution in [0.15, 0.2) is 0 Å². The van der Waals surface area contributed by atoms with E-state index in [2.05, 4.69) is 0 Å². The summed E-state index contributed by atoms with van der Waals surface area (Å²) in [5.74, 6) is 0. The Hall–Kier alpha value is -0.290. The zero-order chi connectivity index (χ0) is 11.4. The molecular weight excluding hydrogens is 206 g/mol. The molecule has 0 atom stereocenters. The van der Waals surface area contributed by atoms with Crippen molar-refractivity contribution in [3.63, 3.8) is 0 Å². The molecule has 2 nitrogen and oxygen atoms in total. The van der Waals surface area contributed by atoms with Gasteiger partial charge in [0.05, 0.1) is 11.5 Å². The molecule has 0 spiro atoms. The number of nitrogens with two attached hydrogens (primary N) is 1. The van der Waals surface area contributed by atoms with Crippen LogP contribution < -0.4 is 5.73 Å². The molecule has 84 valence electrons. The lowest BCUT2D eigenvalue weighted by Gasteiger charge is -2.26. The van der Waals surface area contributed by atoms with Crippen molar-refractivity contribution in [3.05, 3.63) is 0 Å². The minimum absolute atomic E-state index is 0.201. The zero-order valence-electron chi connectivity index (χ0n) is 8.89. The average molecular weight is 224 g/mol. The molecule has 0 aliphatic heterocycles. The van der Waals surface area contributed by atoms with Crippen molar-refractivity contribution in [2.45, 2.75) is 26.7 Å². The van der Waals surface area contributed by atoms with Crippen molar-refractivity contribution in [1.82, 2.24) is 4.90 Å².